The van der Waals surface area contributed by atoms with Crippen LogP contribution in [0.5, 0.6) is 5.75 Å². The van der Waals surface area contributed by atoms with Gasteiger partial charge in [-0.3, -0.25) is 9.36 Å². The van der Waals surface area contributed by atoms with Gasteiger partial charge in [0.1, 0.15) is 22.4 Å². The van der Waals surface area contributed by atoms with Crippen LogP contribution in [0.15, 0.2) is 15.7 Å². The van der Waals surface area contributed by atoms with Gasteiger partial charge in [0.2, 0.25) is 0 Å². The zero-order chi connectivity index (χ0) is 28.9. The molecule has 0 spiro atoms. The first-order chi connectivity index (χ1) is 18.1. The van der Waals surface area contributed by atoms with E-state index in [1.165, 1.54) is 11.7 Å². The Morgan fingerprint density at radius 3 is 2.18 bits per heavy atom. The number of methoxy groups -OCH3 is 1. The van der Waals surface area contributed by atoms with Crippen molar-refractivity contribution in [3.05, 3.63) is 32.7 Å². The van der Waals surface area contributed by atoms with E-state index in [1.54, 1.807) is 46.4 Å². The van der Waals surface area contributed by atoms with E-state index in [-0.39, 0.29) is 41.0 Å². The number of anilines is 1. The number of alkyl carbamates (subject to hydrolysis) is 1. The molecule has 2 fully saturated rings. The number of amides is 2. The number of nitrogens with zero attached hydrogens (tertiary/aromatic N) is 3. The summed E-state index contributed by atoms with van der Waals surface area (Å²) in [5, 5.41) is 2.68. The maximum Gasteiger partial charge on any atom is 0.427 e. The third-order valence-electron chi connectivity index (χ3n) is 6.20. The molecule has 2 amide bonds. The summed E-state index contributed by atoms with van der Waals surface area (Å²) in [5.74, 6) is -0.701. The molecule has 1 unspecified atom stereocenters. The van der Waals surface area contributed by atoms with Crippen LogP contribution in [0.4, 0.5) is 19.7 Å². The van der Waals surface area contributed by atoms with E-state index < -0.39 is 40.5 Å². The highest BCUT2D eigenvalue weighted by Crippen LogP contribution is 2.43. The highest BCUT2D eigenvalue weighted by Gasteiger charge is 2.35. The summed E-state index contributed by atoms with van der Waals surface area (Å²) in [6, 6.07) is 0.492. The van der Waals surface area contributed by atoms with Crippen LogP contribution in [0.25, 0.3) is 10.9 Å². The lowest BCUT2D eigenvalue weighted by Crippen LogP contribution is -2.48. The smallest absolute Gasteiger partial charge is 0.427 e. The summed E-state index contributed by atoms with van der Waals surface area (Å²) in [4.78, 5) is 53.2. The maximum absolute atomic E-state index is 15.7. The number of ether oxygens (including phenoxy) is 3. The molecule has 12 nitrogen and oxygen atoms in total. The molecule has 0 bridgehead atoms. The first-order valence-corrected chi connectivity index (χ1v) is 12.9. The molecule has 1 aliphatic heterocycles. The monoisotopic (exact) mass is 549 g/mol. The van der Waals surface area contributed by atoms with Crippen molar-refractivity contribution >= 4 is 28.8 Å². The Morgan fingerprint density at radius 1 is 1.00 bits per heavy atom. The maximum atomic E-state index is 15.7. The number of benzene rings is 1. The van der Waals surface area contributed by atoms with E-state index in [0.717, 1.165) is 6.07 Å². The molecular weight excluding hydrogens is 513 g/mol. The van der Waals surface area contributed by atoms with Gasteiger partial charge in [0.15, 0.2) is 11.6 Å². The molecule has 39 heavy (non-hydrogen) atoms. The van der Waals surface area contributed by atoms with Crippen molar-refractivity contribution in [1.82, 2.24) is 14.6 Å². The summed E-state index contributed by atoms with van der Waals surface area (Å²) in [7, 11) is 1.34. The van der Waals surface area contributed by atoms with Gasteiger partial charge in [-0.1, -0.05) is 0 Å². The molecule has 2 N–H and O–H groups in total. The molecule has 1 aliphatic carbocycles. The van der Waals surface area contributed by atoms with Gasteiger partial charge in [-0.2, -0.15) is 4.68 Å². The fraction of sp³-hybridized carbons (Fsp3) is 0.615. The Balaban J connectivity index is 1.76. The Kier molecular flexibility index (Phi) is 7.30. The zero-order valence-electron chi connectivity index (χ0n) is 23.3. The predicted molar refractivity (Wildman–Crippen MR) is 143 cm³/mol. The average molecular weight is 550 g/mol. The van der Waals surface area contributed by atoms with E-state index in [9.17, 15) is 19.2 Å². The molecule has 1 saturated carbocycles. The largest absolute Gasteiger partial charge is 0.492 e. The van der Waals surface area contributed by atoms with Gasteiger partial charge in [0, 0.05) is 19.1 Å². The molecule has 0 radical (unpaired) electrons. The first kappa shape index (κ1) is 28.2. The Bertz CT molecular complexity index is 1420. The van der Waals surface area contributed by atoms with Gasteiger partial charge in [-0.15, -0.1) is 0 Å². The third kappa shape index (κ3) is 6.12. The van der Waals surface area contributed by atoms with Crippen molar-refractivity contribution < 1.29 is 28.2 Å². The normalized spacial score (nSPS) is 17.7. The number of fused-ring (bicyclic) bond motifs is 1. The van der Waals surface area contributed by atoms with Crippen LogP contribution in [0.1, 0.15) is 66.8 Å². The first-order valence-electron chi connectivity index (χ1n) is 12.9. The summed E-state index contributed by atoms with van der Waals surface area (Å²) < 4.78 is 33.8. The summed E-state index contributed by atoms with van der Waals surface area (Å²) in [6.45, 7) is 10.9. The molecule has 13 heteroatoms. The molecule has 2 aliphatic rings. The van der Waals surface area contributed by atoms with Crippen LogP contribution in [-0.4, -0.2) is 58.9 Å². The quantitative estimate of drug-likeness (QED) is 0.581. The molecule has 4 rings (SSSR count). The molecule has 2 aromatic rings. The van der Waals surface area contributed by atoms with Crippen molar-refractivity contribution in [3.8, 4) is 5.75 Å². The number of nitrogens with one attached hydrogen (secondary N) is 2. The topological polar surface area (TPSA) is 133 Å². The van der Waals surface area contributed by atoms with Gasteiger partial charge >= 0.3 is 17.9 Å². The lowest BCUT2D eigenvalue weighted by molar-refractivity contribution is 0.0507. The fourth-order valence-electron chi connectivity index (χ4n) is 4.62. The van der Waals surface area contributed by atoms with Gasteiger partial charge in [0.25, 0.3) is 5.56 Å². The second-order valence-electron chi connectivity index (χ2n) is 11.9. The standard InChI is InChI=1S/C26H36FN5O7/c1-25(2,3)38-22(34)28-14-10-11-30(13-14)19-17(27)12-16-18(20(19)37-7)31(15-8-9-15)24(36)32(21(16)33)29-23(35)39-26(4,5)6/h12,14-15H,8-11,13H2,1-7H3,(H,28,34)(H,29,35). The van der Waals surface area contributed by atoms with Crippen molar-refractivity contribution in [1.29, 1.82) is 0 Å². The minimum Gasteiger partial charge on any atom is -0.492 e. The Labute approximate surface area is 225 Å². The average Bonchev–Trinajstić information content (AvgIpc) is 3.52. The van der Waals surface area contributed by atoms with Crippen LogP contribution in [0, 0.1) is 5.82 Å². The van der Waals surface area contributed by atoms with Gasteiger partial charge in [-0.05, 0) is 66.9 Å². The molecular formula is C26H36FN5O7. The Morgan fingerprint density at radius 2 is 1.62 bits per heavy atom. The summed E-state index contributed by atoms with van der Waals surface area (Å²) in [5.41, 5.74) is -0.784. The summed E-state index contributed by atoms with van der Waals surface area (Å²) >= 11 is 0. The van der Waals surface area contributed by atoms with Crippen molar-refractivity contribution in [2.24, 2.45) is 0 Å². The van der Waals surface area contributed by atoms with Crippen LogP contribution in [0.2, 0.25) is 0 Å². The highest BCUT2D eigenvalue weighted by atomic mass is 19.1. The number of carbonyl (C=O) groups excluding carboxylic acids is 2. The molecule has 1 aromatic heterocycles. The summed E-state index contributed by atoms with van der Waals surface area (Å²) in [6.07, 6.45) is 0.299. The van der Waals surface area contributed by atoms with Crippen molar-refractivity contribution in [2.75, 3.05) is 30.5 Å². The van der Waals surface area contributed by atoms with E-state index >= 15 is 4.39 Å². The van der Waals surface area contributed by atoms with Crippen molar-refractivity contribution in [2.45, 2.75) is 84.1 Å². The van der Waals surface area contributed by atoms with E-state index in [0.29, 0.717) is 30.5 Å². The second kappa shape index (κ2) is 10.1. The minimum atomic E-state index is -0.993. The van der Waals surface area contributed by atoms with E-state index in [2.05, 4.69) is 10.7 Å². The SMILES string of the molecule is COc1c(N2CCC(NC(=O)OC(C)(C)C)C2)c(F)cc2c(=O)n(NC(=O)OC(C)(C)C)c(=O)n(C3CC3)c12. The number of rotatable bonds is 5. The van der Waals surface area contributed by atoms with E-state index in [1.807, 2.05) is 0 Å². The van der Waals surface area contributed by atoms with Crippen LogP contribution in [0.3, 0.4) is 0 Å². The molecule has 1 atom stereocenters. The predicted octanol–water partition coefficient (Wildman–Crippen LogP) is 3.23. The minimum absolute atomic E-state index is 0.0356. The lowest BCUT2D eigenvalue weighted by atomic mass is 10.1. The molecule has 2 heterocycles. The number of carbonyl (C=O) groups is 2. The number of aromatic nitrogens is 2. The van der Waals surface area contributed by atoms with E-state index in [4.69, 9.17) is 14.2 Å². The van der Waals surface area contributed by atoms with Gasteiger partial charge in [-0.25, -0.2) is 24.2 Å². The number of hydrogen-bond donors (Lipinski definition) is 2. The highest BCUT2D eigenvalue weighted by molar-refractivity contribution is 5.91. The molecule has 214 valence electrons. The molecule has 1 aromatic carbocycles. The zero-order valence-corrected chi connectivity index (χ0v) is 23.3. The van der Waals surface area contributed by atoms with Crippen LogP contribution >= 0.6 is 0 Å². The van der Waals surface area contributed by atoms with Crippen LogP contribution in [-0.2, 0) is 9.47 Å². The van der Waals surface area contributed by atoms with Gasteiger partial charge < -0.3 is 24.4 Å². The second-order valence-corrected chi connectivity index (χ2v) is 11.9. The number of hydrogen-bond acceptors (Lipinski definition) is 8. The lowest BCUT2D eigenvalue weighted by Gasteiger charge is -2.25. The third-order valence-corrected chi connectivity index (χ3v) is 6.20. The molecule has 1 saturated heterocycles. The van der Waals surface area contributed by atoms with Gasteiger partial charge in [0.05, 0.1) is 18.5 Å². The Hall–Kier alpha value is -3.77. The van der Waals surface area contributed by atoms with Crippen LogP contribution < -0.4 is 31.6 Å². The fourth-order valence-corrected chi connectivity index (χ4v) is 4.62. The number of halogens is 1. The van der Waals surface area contributed by atoms with Crippen molar-refractivity contribution in [3.63, 3.8) is 0 Å².